The van der Waals surface area contributed by atoms with Crippen LogP contribution in [0.4, 0.5) is 5.69 Å². The molecule has 4 aliphatic rings. The second-order valence-corrected chi connectivity index (χ2v) is 11.2. The Morgan fingerprint density at radius 2 is 1.82 bits per heavy atom. The number of benzene rings is 2. The molecule has 0 aliphatic heterocycles. The number of nitrogens with one attached hydrogen (secondary N) is 2. The number of hydrogen-bond donors (Lipinski definition) is 3. The number of phenols is 1. The summed E-state index contributed by atoms with van der Waals surface area (Å²) in [5.41, 5.74) is 3.76. The molecule has 1 amide bonds. The highest BCUT2D eigenvalue weighted by Crippen LogP contribution is 2.61. The lowest BCUT2D eigenvalue weighted by Gasteiger charge is -2.56. The van der Waals surface area contributed by atoms with Gasteiger partial charge in [0.25, 0.3) is 0 Å². The summed E-state index contributed by atoms with van der Waals surface area (Å²) in [6.45, 7) is 1.99. The minimum absolute atomic E-state index is 0.00669. The van der Waals surface area contributed by atoms with Crippen molar-refractivity contribution in [2.45, 2.75) is 51.9 Å². The third-order valence-electron chi connectivity index (χ3n) is 7.98. The Morgan fingerprint density at radius 3 is 2.53 bits per heavy atom. The van der Waals surface area contributed by atoms with Gasteiger partial charge in [0.2, 0.25) is 11.8 Å². The van der Waals surface area contributed by atoms with Gasteiger partial charge in [0.05, 0.1) is 5.56 Å². The first kappa shape index (κ1) is 21.6. The molecule has 0 radical (unpaired) electrons. The molecule has 4 bridgehead atoms. The second kappa shape index (κ2) is 8.08. The van der Waals surface area contributed by atoms with Gasteiger partial charge >= 0.3 is 0 Å². The standard InChI is InChI=1S/C27H29N3O3S/c1-15-2-5-23-21(6-15)29-25(33-23)20-10-19(3-4-22(20)31)28-26(34)30-24(32)14-27-11-16-7-17(12-27)9-18(8-16)13-27/h2-6,10,16-18,31H,7-9,11-14H2,1H3,(H2,28,30,32,34). The number of nitrogens with zero attached hydrogens (tertiary/aromatic N) is 1. The van der Waals surface area contributed by atoms with Gasteiger partial charge in [-0.1, -0.05) is 6.07 Å². The maximum atomic E-state index is 12.9. The number of aromatic hydroxyl groups is 1. The molecule has 3 aromatic rings. The molecule has 0 saturated heterocycles. The van der Waals surface area contributed by atoms with E-state index in [0.717, 1.165) is 28.8 Å². The molecule has 1 heterocycles. The van der Waals surface area contributed by atoms with E-state index in [0.29, 0.717) is 29.1 Å². The highest BCUT2D eigenvalue weighted by Gasteiger charge is 2.51. The van der Waals surface area contributed by atoms with Crippen molar-refractivity contribution in [3.8, 4) is 17.2 Å². The fourth-order valence-electron chi connectivity index (χ4n) is 7.12. The smallest absolute Gasteiger partial charge is 0.231 e. The van der Waals surface area contributed by atoms with E-state index in [2.05, 4.69) is 15.6 Å². The van der Waals surface area contributed by atoms with Crippen molar-refractivity contribution >= 4 is 40.0 Å². The number of carbonyl (C=O) groups excluding carboxylic acids is 1. The Kier molecular flexibility index (Phi) is 5.13. The van der Waals surface area contributed by atoms with E-state index in [1.165, 1.54) is 38.5 Å². The second-order valence-electron chi connectivity index (χ2n) is 10.8. The molecule has 4 fully saturated rings. The third-order valence-corrected chi connectivity index (χ3v) is 8.19. The fourth-order valence-corrected chi connectivity index (χ4v) is 7.35. The minimum atomic E-state index is -0.00669. The largest absolute Gasteiger partial charge is 0.507 e. The van der Waals surface area contributed by atoms with Gasteiger partial charge in [-0.15, -0.1) is 0 Å². The molecular formula is C27H29N3O3S. The Balaban J connectivity index is 1.13. The summed E-state index contributed by atoms with van der Waals surface area (Å²) < 4.78 is 5.85. The van der Waals surface area contributed by atoms with Crippen LogP contribution in [0.2, 0.25) is 0 Å². The molecule has 2 aromatic carbocycles. The highest BCUT2D eigenvalue weighted by atomic mass is 32.1. The molecule has 6 nitrogen and oxygen atoms in total. The molecule has 0 unspecified atom stereocenters. The molecule has 7 rings (SSSR count). The van der Waals surface area contributed by atoms with Crippen LogP contribution in [0.15, 0.2) is 40.8 Å². The predicted molar refractivity (Wildman–Crippen MR) is 135 cm³/mol. The number of fused-ring (bicyclic) bond motifs is 1. The van der Waals surface area contributed by atoms with Crippen molar-refractivity contribution < 1.29 is 14.3 Å². The Labute approximate surface area is 204 Å². The lowest BCUT2D eigenvalue weighted by atomic mass is 9.49. The van der Waals surface area contributed by atoms with Crippen molar-refractivity contribution in [2.24, 2.45) is 23.2 Å². The van der Waals surface area contributed by atoms with Crippen LogP contribution in [0, 0.1) is 30.1 Å². The van der Waals surface area contributed by atoms with Gasteiger partial charge in [-0.05, 0) is 117 Å². The van der Waals surface area contributed by atoms with Gasteiger partial charge < -0.3 is 20.2 Å². The summed E-state index contributed by atoms with van der Waals surface area (Å²) in [6.07, 6.45) is 8.23. The van der Waals surface area contributed by atoms with Gasteiger partial charge in [-0.2, -0.15) is 0 Å². The van der Waals surface area contributed by atoms with Crippen LogP contribution in [-0.2, 0) is 4.79 Å². The number of oxazole rings is 1. The average Bonchev–Trinajstić information content (AvgIpc) is 3.16. The summed E-state index contributed by atoms with van der Waals surface area (Å²) in [6, 6.07) is 10.8. The lowest BCUT2D eigenvalue weighted by molar-refractivity contribution is -0.127. The quantitative estimate of drug-likeness (QED) is 0.320. The Hall–Kier alpha value is -2.93. The number of aromatic nitrogens is 1. The number of aryl methyl sites for hydroxylation is 1. The number of anilines is 1. The van der Waals surface area contributed by atoms with Crippen LogP contribution in [0.25, 0.3) is 22.6 Å². The zero-order valence-corrected chi connectivity index (χ0v) is 20.1. The number of phenolic OH excluding ortho intramolecular Hbond substituents is 1. The van der Waals surface area contributed by atoms with Crippen LogP contribution in [-0.4, -0.2) is 21.1 Å². The lowest BCUT2D eigenvalue weighted by Crippen LogP contribution is -2.48. The van der Waals surface area contributed by atoms with E-state index >= 15 is 0 Å². The predicted octanol–water partition coefficient (Wildman–Crippen LogP) is 5.93. The summed E-state index contributed by atoms with van der Waals surface area (Å²) >= 11 is 5.44. The first-order chi connectivity index (χ1) is 16.3. The van der Waals surface area contributed by atoms with Crippen molar-refractivity contribution in [1.29, 1.82) is 0 Å². The molecule has 0 spiro atoms. The number of rotatable bonds is 4. The van der Waals surface area contributed by atoms with Crippen molar-refractivity contribution in [3.05, 3.63) is 42.0 Å². The van der Waals surface area contributed by atoms with Crippen LogP contribution in [0.3, 0.4) is 0 Å². The van der Waals surface area contributed by atoms with Gasteiger partial charge in [-0.3, -0.25) is 4.79 Å². The molecule has 3 N–H and O–H groups in total. The van der Waals surface area contributed by atoms with Crippen molar-refractivity contribution in [2.75, 3.05) is 5.32 Å². The summed E-state index contributed by atoms with van der Waals surface area (Å²) in [5, 5.41) is 16.6. The van der Waals surface area contributed by atoms with Crippen LogP contribution < -0.4 is 10.6 Å². The normalized spacial score (nSPS) is 27.1. The molecule has 34 heavy (non-hydrogen) atoms. The van der Waals surface area contributed by atoms with Gasteiger partial charge in [0.1, 0.15) is 11.3 Å². The van der Waals surface area contributed by atoms with E-state index in [4.69, 9.17) is 16.6 Å². The fraction of sp³-hybridized carbons (Fsp3) is 0.444. The molecule has 4 saturated carbocycles. The zero-order chi connectivity index (χ0) is 23.4. The third kappa shape index (κ3) is 4.06. The van der Waals surface area contributed by atoms with E-state index in [1.54, 1.807) is 18.2 Å². The van der Waals surface area contributed by atoms with E-state index in [9.17, 15) is 9.90 Å². The average molecular weight is 476 g/mol. The Morgan fingerprint density at radius 1 is 1.12 bits per heavy atom. The molecule has 7 heteroatoms. The molecule has 4 aliphatic carbocycles. The van der Waals surface area contributed by atoms with E-state index in [-0.39, 0.29) is 22.2 Å². The molecule has 176 valence electrons. The van der Waals surface area contributed by atoms with Gasteiger partial charge in [0, 0.05) is 12.1 Å². The molecule has 0 atom stereocenters. The SMILES string of the molecule is Cc1ccc2oc(-c3cc(NC(=S)NC(=O)CC45CC6CC(CC(C6)C4)C5)ccc3O)nc2c1. The summed E-state index contributed by atoms with van der Waals surface area (Å²) in [4.78, 5) is 17.4. The molecule has 1 aromatic heterocycles. The van der Waals surface area contributed by atoms with Crippen LogP contribution in [0.1, 0.15) is 50.5 Å². The van der Waals surface area contributed by atoms with Gasteiger partial charge in [-0.25, -0.2) is 4.98 Å². The topological polar surface area (TPSA) is 87.4 Å². The molecular weight excluding hydrogens is 446 g/mol. The maximum Gasteiger partial charge on any atom is 0.231 e. The summed E-state index contributed by atoms with van der Waals surface area (Å²) in [5.74, 6) is 2.83. The van der Waals surface area contributed by atoms with Crippen molar-refractivity contribution in [3.63, 3.8) is 0 Å². The van der Waals surface area contributed by atoms with Gasteiger partial charge in [0.15, 0.2) is 10.7 Å². The van der Waals surface area contributed by atoms with Crippen LogP contribution >= 0.6 is 12.2 Å². The maximum absolute atomic E-state index is 12.9. The monoisotopic (exact) mass is 475 g/mol. The number of amides is 1. The number of thiocarbonyl (C=S) groups is 1. The van der Waals surface area contributed by atoms with E-state index < -0.39 is 0 Å². The van der Waals surface area contributed by atoms with E-state index in [1.807, 2.05) is 25.1 Å². The first-order valence-corrected chi connectivity index (χ1v) is 12.6. The number of hydrogen-bond acceptors (Lipinski definition) is 5. The minimum Gasteiger partial charge on any atom is -0.507 e. The first-order valence-electron chi connectivity index (χ1n) is 12.2. The highest BCUT2D eigenvalue weighted by molar-refractivity contribution is 7.80. The zero-order valence-electron chi connectivity index (χ0n) is 19.3. The summed E-state index contributed by atoms with van der Waals surface area (Å²) in [7, 11) is 0. The number of carbonyl (C=O) groups is 1. The Bertz CT molecular complexity index is 1260. The van der Waals surface area contributed by atoms with Crippen LogP contribution in [0.5, 0.6) is 5.75 Å². The van der Waals surface area contributed by atoms with Crippen molar-refractivity contribution in [1.82, 2.24) is 10.3 Å².